The number of nitriles is 1. The highest BCUT2D eigenvalue weighted by molar-refractivity contribution is 5.44. The fourth-order valence-corrected chi connectivity index (χ4v) is 1.34. The molecule has 5 nitrogen and oxygen atoms in total. The van der Waals surface area contributed by atoms with Gasteiger partial charge in [0.25, 0.3) is 0 Å². The van der Waals surface area contributed by atoms with Gasteiger partial charge in [-0.25, -0.2) is 4.39 Å². The molecule has 0 aliphatic carbocycles. The Balaban J connectivity index is 3.22. The van der Waals surface area contributed by atoms with E-state index >= 15 is 0 Å². The molecule has 0 spiro atoms. The highest BCUT2D eigenvalue weighted by Gasteiger charge is 2.23. The van der Waals surface area contributed by atoms with Gasteiger partial charge >= 0.3 is 0 Å². The van der Waals surface area contributed by atoms with Crippen molar-refractivity contribution in [2.45, 2.75) is 12.2 Å². The predicted molar refractivity (Wildman–Crippen MR) is 56.1 cm³/mol. The van der Waals surface area contributed by atoms with Crippen molar-refractivity contribution in [3.8, 4) is 17.6 Å². The maximum absolute atomic E-state index is 13.6. The van der Waals surface area contributed by atoms with Gasteiger partial charge in [0.05, 0.1) is 20.3 Å². The van der Waals surface area contributed by atoms with Crippen LogP contribution in [0.15, 0.2) is 12.1 Å². The summed E-state index contributed by atoms with van der Waals surface area (Å²) in [5, 5.41) is 27.1. The van der Waals surface area contributed by atoms with Gasteiger partial charge in [0.1, 0.15) is 11.9 Å². The van der Waals surface area contributed by atoms with Crippen LogP contribution < -0.4 is 9.47 Å². The number of aliphatic hydroxyl groups excluding tert-OH is 2. The molecule has 2 unspecified atom stereocenters. The molecule has 0 fully saturated rings. The average Bonchev–Trinajstić information content (AvgIpc) is 2.36. The molecule has 17 heavy (non-hydrogen) atoms. The maximum atomic E-state index is 13.6. The number of hydrogen-bond donors (Lipinski definition) is 2. The van der Waals surface area contributed by atoms with Crippen molar-refractivity contribution < 1.29 is 24.1 Å². The number of hydrogen-bond acceptors (Lipinski definition) is 5. The molecule has 0 aliphatic rings. The first-order chi connectivity index (χ1) is 8.04. The number of aliphatic hydroxyl groups is 2. The van der Waals surface area contributed by atoms with E-state index in [9.17, 15) is 9.50 Å². The van der Waals surface area contributed by atoms with E-state index in [1.807, 2.05) is 0 Å². The van der Waals surface area contributed by atoms with Crippen molar-refractivity contribution in [1.82, 2.24) is 0 Å². The number of ether oxygens (including phenoxy) is 2. The van der Waals surface area contributed by atoms with Crippen LogP contribution in [0.4, 0.5) is 4.39 Å². The predicted octanol–water partition coefficient (Wildman–Crippen LogP) is 0.761. The number of halogens is 1. The Morgan fingerprint density at radius 3 is 2.24 bits per heavy atom. The summed E-state index contributed by atoms with van der Waals surface area (Å²) in [6.45, 7) is 0. The van der Waals surface area contributed by atoms with E-state index in [2.05, 4.69) is 0 Å². The van der Waals surface area contributed by atoms with E-state index in [0.29, 0.717) is 0 Å². The zero-order valence-electron chi connectivity index (χ0n) is 9.35. The molecule has 0 amide bonds. The number of rotatable bonds is 4. The Morgan fingerprint density at radius 1 is 1.24 bits per heavy atom. The molecule has 92 valence electrons. The summed E-state index contributed by atoms with van der Waals surface area (Å²) in [5.41, 5.74) is -0.225. The summed E-state index contributed by atoms with van der Waals surface area (Å²) < 4.78 is 23.4. The van der Waals surface area contributed by atoms with Gasteiger partial charge in [-0.2, -0.15) is 5.26 Å². The van der Waals surface area contributed by atoms with Crippen LogP contribution in [-0.2, 0) is 0 Å². The van der Waals surface area contributed by atoms with Crippen molar-refractivity contribution >= 4 is 0 Å². The monoisotopic (exact) mass is 241 g/mol. The zero-order valence-corrected chi connectivity index (χ0v) is 9.35. The molecule has 0 heterocycles. The van der Waals surface area contributed by atoms with E-state index in [4.69, 9.17) is 19.8 Å². The molecule has 6 heteroatoms. The molecule has 0 aromatic heterocycles. The quantitative estimate of drug-likeness (QED) is 0.760. The number of nitrogens with zero attached hydrogens (tertiary/aromatic N) is 1. The fraction of sp³-hybridized carbons (Fsp3) is 0.364. The Bertz CT molecular complexity index is 444. The normalized spacial score (nSPS) is 13.6. The second-order valence-corrected chi connectivity index (χ2v) is 3.25. The largest absolute Gasteiger partial charge is 0.493 e. The minimum absolute atomic E-state index is 0.160. The van der Waals surface area contributed by atoms with Crippen molar-refractivity contribution in [3.63, 3.8) is 0 Å². The van der Waals surface area contributed by atoms with Crippen LogP contribution in [0.2, 0.25) is 0 Å². The summed E-state index contributed by atoms with van der Waals surface area (Å²) >= 11 is 0. The smallest absolute Gasteiger partial charge is 0.170 e. The van der Waals surface area contributed by atoms with Crippen LogP contribution in [0.5, 0.6) is 11.5 Å². The third-order valence-corrected chi connectivity index (χ3v) is 2.25. The molecule has 0 aliphatic heterocycles. The minimum Gasteiger partial charge on any atom is -0.493 e. The van der Waals surface area contributed by atoms with Gasteiger partial charge in [0, 0.05) is 11.6 Å². The standard InChI is InChI=1S/C11H12FNO4/c1-16-9-3-6(11(15)8(14)5-13)7(12)4-10(9)17-2/h3-4,8,11,14-15H,1-2H3. The molecule has 0 bridgehead atoms. The summed E-state index contributed by atoms with van der Waals surface area (Å²) in [6.07, 6.45) is -3.34. The van der Waals surface area contributed by atoms with Crippen LogP contribution in [0, 0.1) is 17.1 Å². The molecule has 0 saturated heterocycles. The lowest BCUT2D eigenvalue weighted by Gasteiger charge is -2.15. The Kier molecular flexibility index (Phi) is 4.26. The van der Waals surface area contributed by atoms with Crippen molar-refractivity contribution in [2.24, 2.45) is 0 Å². The number of benzene rings is 1. The molecular formula is C11H12FNO4. The lowest BCUT2D eigenvalue weighted by molar-refractivity contribution is 0.0501. The minimum atomic E-state index is -1.71. The van der Waals surface area contributed by atoms with Crippen molar-refractivity contribution in [2.75, 3.05) is 14.2 Å². The molecule has 1 aromatic carbocycles. The van der Waals surface area contributed by atoms with E-state index < -0.39 is 18.0 Å². The van der Waals surface area contributed by atoms with Crippen LogP contribution in [0.3, 0.4) is 0 Å². The third-order valence-electron chi connectivity index (χ3n) is 2.25. The first-order valence-electron chi connectivity index (χ1n) is 4.72. The zero-order chi connectivity index (χ0) is 13.0. The highest BCUT2D eigenvalue weighted by Crippen LogP contribution is 2.33. The molecule has 0 saturated carbocycles. The van der Waals surface area contributed by atoms with Gasteiger partial charge < -0.3 is 19.7 Å². The maximum Gasteiger partial charge on any atom is 0.170 e. The average molecular weight is 241 g/mol. The third kappa shape index (κ3) is 2.64. The molecule has 2 atom stereocenters. The SMILES string of the molecule is COc1cc(F)c(C(O)C(O)C#N)cc1OC. The second-order valence-electron chi connectivity index (χ2n) is 3.25. The van der Waals surface area contributed by atoms with E-state index in [1.54, 1.807) is 0 Å². The van der Waals surface area contributed by atoms with Crippen LogP contribution in [0.25, 0.3) is 0 Å². The van der Waals surface area contributed by atoms with Gasteiger partial charge in [0.2, 0.25) is 0 Å². The Labute approximate surface area is 97.6 Å². The lowest BCUT2D eigenvalue weighted by atomic mass is 10.0. The molecular weight excluding hydrogens is 229 g/mol. The van der Waals surface area contributed by atoms with E-state index in [0.717, 1.165) is 6.07 Å². The van der Waals surface area contributed by atoms with Gasteiger partial charge in [-0.1, -0.05) is 0 Å². The van der Waals surface area contributed by atoms with Crippen LogP contribution in [0.1, 0.15) is 11.7 Å². The summed E-state index contributed by atoms with van der Waals surface area (Å²) in [4.78, 5) is 0. The van der Waals surface area contributed by atoms with Gasteiger partial charge in [-0.05, 0) is 6.07 Å². The second kappa shape index (κ2) is 5.48. The topological polar surface area (TPSA) is 82.7 Å². The molecule has 1 aromatic rings. The van der Waals surface area contributed by atoms with Gasteiger partial charge in [-0.15, -0.1) is 0 Å². The summed E-state index contributed by atoms with van der Waals surface area (Å²) in [6, 6.07) is 3.62. The highest BCUT2D eigenvalue weighted by atomic mass is 19.1. The van der Waals surface area contributed by atoms with Crippen molar-refractivity contribution in [3.05, 3.63) is 23.5 Å². The van der Waals surface area contributed by atoms with Gasteiger partial charge in [-0.3, -0.25) is 0 Å². The summed E-state index contributed by atoms with van der Waals surface area (Å²) in [7, 11) is 2.70. The van der Waals surface area contributed by atoms with Crippen LogP contribution >= 0.6 is 0 Å². The van der Waals surface area contributed by atoms with Crippen LogP contribution in [-0.4, -0.2) is 30.5 Å². The van der Waals surface area contributed by atoms with E-state index in [-0.39, 0.29) is 17.1 Å². The molecule has 0 radical (unpaired) electrons. The lowest BCUT2D eigenvalue weighted by Crippen LogP contribution is -2.17. The van der Waals surface area contributed by atoms with Gasteiger partial charge in [0.15, 0.2) is 17.6 Å². The first-order valence-corrected chi connectivity index (χ1v) is 4.72. The first kappa shape index (κ1) is 13.2. The van der Waals surface area contributed by atoms with E-state index in [1.165, 1.54) is 26.4 Å². The fourth-order valence-electron chi connectivity index (χ4n) is 1.34. The molecule has 1 rings (SSSR count). The Hall–Kier alpha value is -1.84. The molecule has 2 N–H and O–H groups in total. The summed E-state index contributed by atoms with van der Waals surface area (Å²) in [5.74, 6) is -0.426. The number of methoxy groups -OCH3 is 2. The Morgan fingerprint density at radius 2 is 1.76 bits per heavy atom. The van der Waals surface area contributed by atoms with Crippen molar-refractivity contribution in [1.29, 1.82) is 5.26 Å².